The van der Waals surface area contributed by atoms with Crippen LogP contribution < -0.4 is 4.74 Å². The first-order valence-corrected chi connectivity index (χ1v) is 9.30. The van der Waals surface area contributed by atoms with E-state index < -0.39 is 0 Å². The van der Waals surface area contributed by atoms with Crippen molar-refractivity contribution in [2.24, 2.45) is 0 Å². The van der Waals surface area contributed by atoms with E-state index >= 15 is 0 Å². The van der Waals surface area contributed by atoms with Crippen molar-refractivity contribution in [2.45, 2.75) is 13.3 Å². The van der Waals surface area contributed by atoms with Crippen molar-refractivity contribution in [3.63, 3.8) is 0 Å². The number of ether oxygens (including phenoxy) is 1. The molecule has 4 nitrogen and oxygen atoms in total. The lowest BCUT2D eigenvalue weighted by Crippen LogP contribution is -1.97. The molecule has 6 heteroatoms. The summed E-state index contributed by atoms with van der Waals surface area (Å²) in [4.78, 5) is 4.38. The molecule has 3 aromatic rings. The van der Waals surface area contributed by atoms with E-state index in [0.717, 1.165) is 32.2 Å². The number of benzene rings is 2. The molecule has 25 heavy (non-hydrogen) atoms. The number of nitrogens with zero attached hydrogens (tertiary/aromatic N) is 2. The Balaban J connectivity index is 1.98. The zero-order valence-corrected chi connectivity index (χ0v) is 16.6. The first-order valence-electron chi connectivity index (χ1n) is 7.72. The monoisotopic (exact) mass is 460 g/mol. The minimum Gasteiger partial charge on any atom is -0.491 e. The van der Waals surface area contributed by atoms with Crippen molar-refractivity contribution in [3.8, 4) is 11.8 Å². The molecule has 0 aliphatic heterocycles. The number of rotatable bonds is 5. The Bertz CT molecular complexity index is 930. The summed E-state index contributed by atoms with van der Waals surface area (Å²) in [6.07, 6.45) is 2.67. The molecule has 0 saturated heterocycles. The Morgan fingerprint density at radius 2 is 2.00 bits per heavy atom. The first kappa shape index (κ1) is 17.7. The second kappa shape index (κ2) is 7.85. The van der Waals surface area contributed by atoms with Gasteiger partial charge in [0.15, 0.2) is 5.58 Å². The van der Waals surface area contributed by atoms with Crippen LogP contribution in [-0.2, 0) is 0 Å². The molecule has 0 bridgehead atoms. The number of hydrogen-bond acceptors (Lipinski definition) is 4. The molecule has 0 amide bonds. The molecule has 1 heterocycles. The minimum atomic E-state index is 0.308. The number of para-hydroxylation sites is 2. The highest BCUT2D eigenvalue weighted by atomic mass is 79.9. The van der Waals surface area contributed by atoms with Crippen LogP contribution in [0.3, 0.4) is 0 Å². The lowest BCUT2D eigenvalue weighted by molar-refractivity contribution is 0.313. The molecule has 3 rings (SSSR count). The molecule has 0 aliphatic carbocycles. The predicted molar refractivity (Wildman–Crippen MR) is 105 cm³/mol. The van der Waals surface area contributed by atoms with Gasteiger partial charge in [0.05, 0.1) is 15.6 Å². The predicted octanol–water partition coefficient (Wildman–Crippen LogP) is 6.21. The number of hydrogen-bond donors (Lipinski definition) is 0. The van der Waals surface area contributed by atoms with E-state index in [-0.39, 0.29) is 0 Å². The van der Waals surface area contributed by atoms with Crippen LogP contribution in [0.2, 0.25) is 0 Å². The number of halogens is 2. The largest absolute Gasteiger partial charge is 0.491 e. The molecule has 126 valence electrons. The van der Waals surface area contributed by atoms with Gasteiger partial charge in [0.25, 0.3) is 0 Å². The fourth-order valence-electron chi connectivity index (χ4n) is 2.30. The Morgan fingerprint density at radius 1 is 1.28 bits per heavy atom. The summed E-state index contributed by atoms with van der Waals surface area (Å²) in [6.45, 7) is 2.69. The van der Waals surface area contributed by atoms with E-state index in [0.29, 0.717) is 23.7 Å². The average Bonchev–Trinajstić information content (AvgIpc) is 3.03. The topological polar surface area (TPSA) is 59.0 Å². The Kier molecular flexibility index (Phi) is 5.57. The Hall–Kier alpha value is -2.10. The molecule has 0 radical (unpaired) electrons. The number of allylic oxidation sites excluding steroid dienone is 1. The molecule has 1 aromatic heterocycles. The normalized spacial score (nSPS) is 11.5. The van der Waals surface area contributed by atoms with Gasteiger partial charge in [-0.05, 0) is 74.2 Å². The van der Waals surface area contributed by atoms with Crippen molar-refractivity contribution >= 4 is 54.6 Å². The molecule has 0 atom stereocenters. The van der Waals surface area contributed by atoms with Gasteiger partial charge in [-0.3, -0.25) is 0 Å². The summed E-state index contributed by atoms with van der Waals surface area (Å²) < 4.78 is 13.0. The fourth-order valence-corrected chi connectivity index (χ4v) is 3.75. The summed E-state index contributed by atoms with van der Waals surface area (Å²) in [5.41, 5.74) is 2.58. The van der Waals surface area contributed by atoms with Gasteiger partial charge in [0.2, 0.25) is 5.89 Å². The highest BCUT2D eigenvalue weighted by Crippen LogP contribution is 2.36. The van der Waals surface area contributed by atoms with Crippen molar-refractivity contribution in [1.82, 2.24) is 4.98 Å². The van der Waals surface area contributed by atoms with Gasteiger partial charge >= 0.3 is 0 Å². The average molecular weight is 462 g/mol. The quantitative estimate of drug-likeness (QED) is 0.424. The molecule has 0 saturated carbocycles. The standard InChI is InChI=1S/C19H14Br2N2O2/c1-2-7-24-18-14(20)9-12(10-15(18)21)8-13(11-22)19-23-16-5-3-4-6-17(16)25-19/h3-6,8-10H,2,7H2,1H3/b13-8+. The molecule has 0 aliphatic rings. The summed E-state index contributed by atoms with van der Waals surface area (Å²) in [7, 11) is 0. The smallest absolute Gasteiger partial charge is 0.238 e. The SMILES string of the molecule is CCCOc1c(Br)cc(/C=C(\C#N)c2nc3ccccc3o2)cc1Br. The summed E-state index contributed by atoms with van der Waals surface area (Å²) >= 11 is 7.04. The van der Waals surface area contributed by atoms with Crippen LogP contribution in [0, 0.1) is 11.3 Å². The van der Waals surface area contributed by atoms with E-state index in [1.165, 1.54) is 0 Å². The molecule has 0 N–H and O–H groups in total. The van der Waals surface area contributed by atoms with Crippen molar-refractivity contribution in [3.05, 3.63) is 56.8 Å². The lowest BCUT2D eigenvalue weighted by Gasteiger charge is -2.10. The van der Waals surface area contributed by atoms with Crippen LogP contribution in [0.4, 0.5) is 0 Å². The van der Waals surface area contributed by atoms with Crippen molar-refractivity contribution < 1.29 is 9.15 Å². The van der Waals surface area contributed by atoms with Crippen LogP contribution in [0.15, 0.2) is 49.8 Å². The highest BCUT2D eigenvalue weighted by molar-refractivity contribution is 9.11. The molecule has 0 spiro atoms. The van der Waals surface area contributed by atoms with Gasteiger partial charge in [-0.2, -0.15) is 5.26 Å². The van der Waals surface area contributed by atoms with Gasteiger partial charge in [-0.1, -0.05) is 19.1 Å². The van der Waals surface area contributed by atoms with E-state index in [9.17, 15) is 5.26 Å². The Morgan fingerprint density at radius 3 is 2.64 bits per heavy atom. The molecule has 0 fully saturated rings. The highest BCUT2D eigenvalue weighted by Gasteiger charge is 2.13. The van der Waals surface area contributed by atoms with E-state index in [2.05, 4.69) is 49.8 Å². The maximum Gasteiger partial charge on any atom is 0.238 e. The first-order chi connectivity index (χ1) is 12.1. The molecule has 2 aromatic carbocycles. The fraction of sp³-hybridized carbons (Fsp3) is 0.158. The van der Waals surface area contributed by atoms with Gasteiger partial charge in [0.1, 0.15) is 22.9 Å². The van der Waals surface area contributed by atoms with E-state index in [1.807, 2.05) is 36.4 Å². The third-order valence-electron chi connectivity index (χ3n) is 3.43. The van der Waals surface area contributed by atoms with E-state index in [1.54, 1.807) is 6.08 Å². The van der Waals surface area contributed by atoms with Crippen LogP contribution >= 0.6 is 31.9 Å². The summed E-state index contributed by atoms with van der Waals surface area (Å²) in [5.74, 6) is 1.06. The van der Waals surface area contributed by atoms with Crippen LogP contribution in [0.1, 0.15) is 24.8 Å². The van der Waals surface area contributed by atoms with Gasteiger partial charge < -0.3 is 9.15 Å². The number of oxazole rings is 1. The third-order valence-corrected chi connectivity index (χ3v) is 4.60. The second-order valence-electron chi connectivity index (χ2n) is 5.32. The lowest BCUT2D eigenvalue weighted by atomic mass is 10.1. The third kappa shape index (κ3) is 3.94. The molecular weight excluding hydrogens is 448 g/mol. The number of aromatic nitrogens is 1. The van der Waals surface area contributed by atoms with Gasteiger partial charge in [-0.15, -0.1) is 0 Å². The van der Waals surface area contributed by atoms with Gasteiger partial charge in [-0.25, -0.2) is 4.98 Å². The number of fused-ring (bicyclic) bond motifs is 1. The number of nitriles is 1. The van der Waals surface area contributed by atoms with Crippen molar-refractivity contribution in [2.75, 3.05) is 6.61 Å². The van der Waals surface area contributed by atoms with Crippen LogP contribution in [0.25, 0.3) is 22.7 Å². The van der Waals surface area contributed by atoms with Crippen molar-refractivity contribution in [1.29, 1.82) is 5.26 Å². The zero-order valence-electron chi connectivity index (χ0n) is 13.4. The minimum absolute atomic E-state index is 0.308. The van der Waals surface area contributed by atoms with Gasteiger partial charge in [0, 0.05) is 0 Å². The Labute approximate surface area is 162 Å². The van der Waals surface area contributed by atoms with Crippen LogP contribution in [-0.4, -0.2) is 11.6 Å². The second-order valence-corrected chi connectivity index (χ2v) is 7.03. The van der Waals surface area contributed by atoms with E-state index in [4.69, 9.17) is 9.15 Å². The summed E-state index contributed by atoms with van der Waals surface area (Å²) in [5, 5.41) is 9.51. The summed E-state index contributed by atoms with van der Waals surface area (Å²) in [6, 6.07) is 13.4. The zero-order chi connectivity index (χ0) is 17.8. The molecular formula is C19H14Br2N2O2. The molecule has 0 unspecified atom stereocenters. The maximum atomic E-state index is 9.51. The maximum absolute atomic E-state index is 9.51. The van der Waals surface area contributed by atoms with Crippen LogP contribution in [0.5, 0.6) is 5.75 Å².